The van der Waals surface area contributed by atoms with Crippen LogP contribution in [0.1, 0.15) is 30.0 Å². The molecule has 5 heteroatoms. The number of halogens is 1. The Bertz CT molecular complexity index is 891. The largest absolute Gasteiger partial charge is 0.497 e. The SMILES string of the molecule is COc1cccc(C(C)N(C)Cc2nc(-c3ccccc3Cl)oc2C)c1. The van der Waals surface area contributed by atoms with Crippen LogP contribution in [0.3, 0.4) is 0 Å². The highest BCUT2D eigenvalue weighted by molar-refractivity contribution is 6.33. The van der Waals surface area contributed by atoms with E-state index in [4.69, 9.17) is 20.8 Å². The van der Waals surface area contributed by atoms with Crippen molar-refractivity contribution in [3.05, 3.63) is 70.6 Å². The summed E-state index contributed by atoms with van der Waals surface area (Å²) in [6, 6.07) is 15.9. The minimum atomic E-state index is 0.213. The average Bonchev–Trinajstić information content (AvgIpc) is 3.01. The first kappa shape index (κ1) is 18.5. The second-order valence-corrected chi connectivity index (χ2v) is 6.78. The third-order valence-electron chi connectivity index (χ3n) is 4.63. The van der Waals surface area contributed by atoms with Gasteiger partial charge in [-0.25, -0.2) is 4.98 Å². The van der Waals surface area contributed by atoms with Crippen molar-refractivity contribution in [1.82, 2.24) is 9.88 Å². The van der Waals surface area contributed by atoms with Gasteiger partial charge in [0.25, 0.3) is 0 Å². The van der Waals surface area contributed by atoms with Crippen LogP contribution in [0.25, 0.3) is 11.5 Å². The second-order valence-electron chi connectivity index (χ2n) is 6.37. The lowest BCUT2D eigenvalue weighted by molar-refractivity contribution is 0.248. The van der Waals surface area contributed by atoms with Crippen LogP contribution in [0.4, 0.5) is 0 Å². The van der Waals surface area contributed by atoms with Crippen LogP contribution < -0.4 is 4.74 Å². The van der Waals surface area contributed by atoms with Gasteiger partial charge in [0.15, 0.2) is 0 Å². The van der Waals surface area contributed by atoms with Crippen LogP contribution in [0, 0.1) is 6.92 Å². The molecular weight excluding hydrogens is 348 g/mol. The maximum Gasteiger partial charge on any atom is 0.228 e. The fourth-order valence-electron chi connectivity index (χ4n) is 2.85. The summed E-state index contributed by atoms with van der Waals surface area (Å²) in [7, 11) is 3.76. The molecule has 136 valence electrons. The molecule has 1 heterocycles. The Morgan fingerprint density at radius 3 is 2.69 bits per heavy atom. The number of benzene rings is 2. The van der Waals surface area contributed by atoms with E-state index in [0.29, 0.717) is 17.5 Å². The number of aryl methyl sites for hydroxylation is 1. The summed E-state index contributed by atoms with van der Waals surface area (Å²) in [5, 5.41) is 0.637. The van der Waals surface area contributed by atoms with Crippen molar-refractivity contribution < 1.29 is 9.15 Å². The lowest BCUT2D eigenvalue weighted by Gasteiger charge is -2.24. The van der Waals surface area contributed by atoms with Crippen molar-refractivity contribution in [3.63, 3.8) is 0 Å². The Kier molecular flexibility index (Phi) is 5.64. The highest BCUT2D eigenvalue weighted by Gasteiger charge is 2.18. The van der Waals surface area contributed by atoms with E-state index in [1.807, 2.05) is 43.3 Å². The zero-order valence-corrected chi connectivity index (χ0v) is 16.2. The number of aromatic nitrogens is 1. The van der Waals surface area contributed by atoms with Gasteiger partial charge >= 0.3 is 0 Å². The highest BCUT2D eigenvalue weighted by atomic mass is 35.5. The lowest BCUT2D eigenvalue weighted by Crippen LogP contribution is -2.22. The molecule has 0 bridgehead atoms. The molecule has 0 saturated carbocycles. The molecule has 3 rings (SSSR count). The number of methoxy groups -OCH3 is 1. The molecule has 0 radical (unpaired) electrons. The maximum atomic E-state index is 6.26. The molecule has 0 fully saturated rings. The number of oxazole rings is 1. The molecule has 0 aliphatic rings. The van der Waals surface area contributed by atoms with Crippen LogP contribution in [-0.2, 0) is 6.54 Å². The van der Waals surface area contributed by atoms with E-state index in [-0.39, 0.29) is 6.04 Å². The molecule has 0 saturated heterocycles. The molecule has 0 aliphatic carbocycles. The van der Waals surface area contributed by atoms with Crippen molar-refractivity contribution in [3.8, 4) is 17.2 Å². The van der Waals surface area contributed by atoms with Gasteiger partial charge in [-0.05, 0) is 50.7 Å². The molecule has 4 nitrogen and oxygen atoms in total. The molecule has 0 spiro atoms. The van der Waals surface area contributed by atoms with Crippen LogP contribution in [0.15, 0.2) is 52.9 Å². The number of ether oxygens (including phenoxy) is 1. The molecule has 1 atom stereocenters. The zero-order valence-electron chi connectivity index (χ0n) is 15.5. The van der Waals surface area contributed by atoms with Crippen molar-refractivity contribution in [2.24, 2.45) is 0 Å². The zero-order chi connectivity index (χ0) is 18.7. The Morgan fingerprint density at radius 1 is 1.19 bits per heavy atom. The van der Waals surface area contributed by atoms with E-state index in [1.54, 1.807) is 7.11 Å². The third-order valence-corrected chi connectivity index (χ3v) is 4.96. The Labute approximate surface area is 159 Å². The maximum absolute atomic E-state index is 6.26. The summed E-state index contributed by atoms with van der Waals surface area (Å²) in [4.78, 5) is 6.91. The van der Waals surface area contributed by atoms with Crippen LogP contribution in [0.5, 0.6) is 5.75 Å². The Morgan fingerprint density at radius 2 is 1.96 bits per heavy atom. The number of rotatable bonds is 6. The van der Waals surface area contributed by atoms with E-state index in [9.17, 15) is 0 Å². The van der Waals surface area contributed by atoms with Gasteiger partial charge in [0.1, 0.15) is 11.5 Å². The summed E-state index contributed by atoms with van der Waals surface area (Å²) < 4.78 is 11.2. The van der Waals surface area contributed by atoms with Gasteiger partial charge in [-0.3, -0.25) is 4.90 Å². The average molecular weight is 371 g/mol. The molecule has 2 aromatic carbocycles. The van der Waals surface area contributed by atoms with Crippen LogP contribution in [0.2, 0.25) is 5.02 Å². The van der Waals surface area contributed by atoms with Gasteiger partial charge in [0.05, 0.1) is 23.4 Å². The Balaban J connectivity index is 1.79. The van der Waals surface area contributed by atoms with Gasteiger partial charge in [-0.15, -0.1) is 0 Å². The third kappa shape index (κ3) is 3.92. The Hall–Kier alpha value is -2.30. The number of nitrogens with zero attached hydrogens (tertiary/aromatic N) is 2. The minimum absolute atomic E-state index is 0.213. The van der Waals surface area contributed by atoms with Gasteiger partial charge in [0.2, 0.25) is 5.89 Å². The van der Waals surface area contributed by atoms with Gasteiger partial charge in [-0.1, -0.05) is 35.9 Å². The standard InChI is InChI=1S/C21H23ClN2O2/c1-14(16-8-7-9-17(12-16)25-4)24(3)13-20-15(2)26-21(23-20)18-10-5-6-11-19(18)22/h5-12,14H,13H2,1-4H3. The molecule has 0 amide bonds. The van der Waals surface area contributed by atoms with Gasteiger partial charge < -0.3 is 9.15 Å². The topological polar surface area (TPSA) is 38.5 Å². The van der Waals surface area contributed by atoms with E-state index < -0.39 is 0 Å². The lowest BCUT2D eigenvalue weighted by atomic mass is 10.1. The highest BCUT2D eigenvalue weighted by Crippen LogP contribution is 2.30. The summed E-state index contributed by atoms with van der Waals surface area (Å²) in [6.45, 7) is 4.78. The van der Waals surface area contributed by atoms with E-state index in [1.165, 1.54) is 5.56 Å². The molecule has 0 aliphatic heterocycles. The first-order chi connectivity index (χ1) is 12.5. The number of hydrogen-bond donors (Lipinski definition) is 0. The summed E-state index contributed by atoms with van der Waals surface area (Å²) in [5.74, 6) is 2.23. The van der Waals surface area contributed by atoms with Crippen molar-refractivity contribution in [2.45, 2.75) is 26.4 Å². The van der Waals surface area contributed by atoms with E-state index in [2.05, 4.69) is 36.0 Å². The first-order valence-electron chi connectivity index (χ1n) is 8.55. The smallest absolute Gasteiger partial charge is 0.228 e. The monoisotopic (exact) mass is 370 g/mol. The fourth-order valence-corrected chi connectivity index (χ4v) is 3.07. The van der Waals surface area contributed by atoms with E-state index in [0.717, 1.165) is 22.8 Å². The predicted molar refractivity (Wildman–Crippen MR) is 105 cm³/mol. The fraction of sp³-hybridized carbons (Fsp3) is 0.286. The molecule has 1 unspecified atom stereocenters. The molecule has 26 heavy (non-hydrogen) atoms. The van der Waals surface area contributed by atoms with Crippen LogP contribution >= 0.6 is 11.6 Å². The quantitative estimate of drug-likeness (QED) is 0.573. The minimum Gasteiger partial charge on any atom is -0.497 e. The first-order valence-corrected chi connectivity index (χ1v) is 8.92. The molecule has 0 N–H and O–H groups in total. The summed E-state index contributed by atoms with van der Waals surface area (Å²) in [5.41, 5.74) is 2.92. The van der Waals surface area contributed by atoms with Crippen molar-refractivity contribution >= 4 is 11.6 Å². The second kappa shape index (κ2) is 7.94. The van der Waals surface area contributed by atoms with E-state index >= 15 is 0 Å². The van der Waals surface area contributed by atoms with Crippen molar-refractivity contribution in [1.29, 1.82) is 0 Å². The van der Waals surface area contributed by atoms with Gasteiger partial charge in [0, 0.05) is 12.6 Å². The van der Waals surface area contributed by atoms with Crippen molar-refractivity contribution in [2.75, 3.05) is 14.2 Å². The summed E-state index contributed by atoms with van der Waals surface area (Å²) in [6.07, 6.45) is 0. The van der Waals surface area contributed by atoms with Crippen LogP contribution in [-0.4, -0.2) is 24.0 Å². The predicted octanol–water partition coefficient (Wildman–Crippen LogP) is 5.51. The molecule has 1 aromatic heterocycles. The normalized spacial score (nSPS) is 12.4. The molecular formula is C21H23ClN2O2. The summed E-state index contributed by atoms with van der Waals surface area (Å²) >= 11 is 6.26. The molecule has 3 aromatic rings. The van der Waals surface area contributed by atoms with Gasteiger partial charge in [-0.2, -0.15) is 0 Å². The number of hydrogen-bond acceptors (Lipinski definition) is 4.